The number of hydrogen-bond donors (Lipinski definition) is 3. The Morgan fingerprint density at radius 1 is 1.29 bits per heavy atom. The minimum atomic E-state index is -0.548. The number of aromatic hydroxyl groups is 2. The molecule has 126 valence electrons. The number of nitrogens with one attached hydrogen (secondary N) is 1. The molecule has 0 bridgehead atoms. The zero-order valence-electron chi connectivity index (χ0n) is 12.6. The average molecular weight is 458 g/mol. The molecular formula is C16H14Br2N2O4. The van der Waals surface area contributed by atoms with Crippen molar-refractivity contribution in [1.82, 2.24) is 5.43 Å². The van der Waals surface area contributed by atoms with Gasteiger partial charge in [0.1, 0.15) is 5.75 Å². The van der Waals surface area contributed by atoms with Crippen LogP contribution in [0, 0.1) is 0 Å². The molecule has 2 rings (SSSR count). The minimum absolute atomic E-state index is 0.00269. The largest absolute Gasteiger partial charge is 0.507 e. The lowest BCUT2D eigenvalue weighted by Crippen LogP contribution is -2.17. The first-order valence-electron chi connectivity index (χ1n) is 6.89. The highest BCUT2D eigenvalue weighted by atomic mass is 79.9. The van der Waals surface area contributed by atoms with E-state index in [9.17, 15) is 15.0 Å². The summed E-state index contributed by atoms with van der Waals surface area (Å²) in [5.41, 5.74) is 3.05. The highest BCUT2D eigenvalue weighted by Crippen LogP contribution is 2.35. The monoisotopic (exact) mass is 456 g/mol. The van der Waals surface area contributed by atoms with Gasteiger partial charge >= 0.3 is 0 Å². The summed E-state index contributed by atoms with van der Waals surface area (Å²) in [6.45, 7) is 2.21. The Bertz CT molecular complexity index is 794. The van der Waals surface area contributed by atoms with E-state index >= 15 is 0 Å². The Balaban J connectivity index is 2.14. The van der Waals surface area contributed by atoms with Crippen LogP contribution in [-0.2, 0) is 0 Å². The number of ether oxygens (including phenoxy) is 1. The zero-order valence-corrected chi connectivity index (χ0v) is 15.8. The normalized spacial score (nSPS) is 10.8. The summed E-state index contributed by atoms with van der Waals surface area (Å²) < 4.78 is 6.43. The Morgan fingerprint density at radius 3 is 2.75 bits per heavy atom. The van der Waals surface area contributed by atoms with Crippen molar-refractivity contribution < 1.29 is 19.7 Å². The molecule has 0 radical (unpaired) electrons. The van der Waals surface area contributed by atoms with Crippen LogP contribution in [0.5, 0.6) is 17.2 Å². The summed E-state index contributed by atoms with van der Waals surface area (Å²) >= 11 is 6.46. The fourth-order valence-corrected chi connectivity index (χ4v) is 2.67. The predicted octanol–water partition coefficient (Wildman–Crippen LogP) is 3.79. The van der Waals surface area contributed by atoms with Crippen LogP contribution in [0.4, 0.5) is 0 Å². The number of rotatable bonds is 5. The fourth-order valence-electron chi connectivity index (χ4n) is 1.85. The maximum Gasteiger partial charge on any atom is 0.275 e. The van der Waals surface area contributed by atoms with E-state index < -0.39 is 5.91 Å². The van der Waals surface area contributed by atoms with E-state index in [-0.39, 0.29) is 17.1 Å². The minimum Gasteiger partial charge on any atom is -0.507 e. The van der Waals surface area contributed by atoms with E-state index in [1.54, 1.807) is 25.1 Å². The molecule has 0 saturated carbocycles. The smallest absolute Gasteiger partial charge is 0.275 e. The van der Waals surface area contributed by atoms with Gasteiger partial charge < -0.3 is 14.9 Å². The first-order valence-corrected chi connectivity index (χ1v) is 8.48. The standard InChI is InChI=1S/C16H14Br2N2O4/c1-2-24-14-6-9(5-12(18)15(14)22)8-19-20-16(23)11-7-10(17)3-4-13(11)21/h3-8,21-22H,2H2,1H3,(H,20,23). The van der Waals surface area contributed by atoms with Crippen LogP contribution in [0.1, 0.15) is 22.8 Å². The summed E-state index contributed by atoms with van der Waals surface area (Å²) in [6, 6.07) is 7.75. The average Bonchev–Trinajstić information content (AvgIpc) is 2.54. The van der Waals surface area contributed by atoms with E-state index in [1.165, 1.54) is 18.3 Å². The van der Waals surface area contributed by atoms with Gasteiger partial charge in [-0.3, -0.25) is 4.79 Å². The molecule has 3 N–H and O–H groups in total. The van der Waals surface area contributed by atoms with Crippen molar-refractivity contribution in [3.8, 4) is 17.2 Å². The molecule has 1 amide bonds. The third-order valence-corrected chi connectivity index (χ3v) is 4.03. The maximum atomic E-state index is 12.0. The van der Waals surface area contributed by atoms with Crippen LogP contribution in [0.3, 0.4) is 0 Å². The molecule has 6 nitrogen and oxygen atoms in total. The van der Waals surface area contributed by atoms with Gasteiger partial charge in [-0.05, 0) is 58.7 Å². The van der Waals surface area contributed by atoms with Crippen LogP contribution < -0.4 is 10.2 Å². The zero-order chi connectivity index (χ0) is 17.7. The number of benzene rings is 2. The molecule has 0 aliphatic carbocycles. The van der Waals surface area contributed by atoms with E-state index in [0.29, 0.717) is 26.9 Å². The molecule has 24 heavy (non-hydrogen) atoms. The van der Waals surface area contributed by atoms with E-state index in [0.717, 1.165) is 0 Å². The first-order chi connectivity index (χ1) is 11.4. The van der Waals surface area contributed by atoms with Crippen LogP contribution >= 0.6 is 31.9 Å². The lowest BCUT2D eigenvalue weighted by atomic mass is 10.2. The van der Waals surface area contributed by atoms with Gasteiger partial charge in [0.05, 0.1) is 22.9 Å². The van der Waals surface area contributed by atoms with Gasteiger partial charge in [-0.25, -0.2) is 5.43 Å². The topological polar surface area (TPSA) is 91.2 Å². The molecule has 0 spiro atoms. The molecule has 2 aromatic carbocycles. The van der Waals surface area contributed by atoms with Crippen molar-refractivity contribution in [2.24, 2.45) is 5.10 Å². The fraction of sp³-hybridized carbons (Fsp3) is 0.125. The molecular weight excluding hydrogens is 444 g/mol. The Labute approximate surface area is 155 Å². The van der Waals surface area contributed by atoms with Gasteiger partial charge in [0.2, 0.25) is 0 Å². The predicted molar refractivity (Wildman–Crippen MR) is 97.8 cm³/mol. The number of phenolic OH excluding ortho intramolecular Hbond substituents is 2. The Hall–Kier alpha value is -2.06. The number of carbonyl (C=O) groups excluding carboxylic acids is 1. The summed E-state index contributed by atoms with van der Waals surface area (Å²) in [7, 11) is 0. The maximum absolute atomic E-state index is 12.0. The van der Waals surface area contributed by atoms with E-state index in [2.05, 4.69) is 42.4 Å². The molecule has 0 fully saturated rings. The third kappa shape index (κ3) is 4.48. The quantitative estimate of drug-likeness (QED) is 0.470. The van der Waals surface area contributed by atoms with Gasteiger partial charge in [0, 0.05) is 4.47 Å². The molecule has 0 heterocycles. The van der Waals surface area contributed by atoms with Crippen LogP contribution in [0.15, 0.2) is 44.4 Å². The number of nitrogens with zero attached hydrogens (tertiary/aromatic N) is 1. The van der Waals surface area contributed by atoms with Crippen molar-refractivity contribution in [1.29, 1.82) is 0 Å². The Kier molecular flexibility index (Phi) is 6.22. The molecule has 8 heteroatoms. The summed E-state index contributed by atoms with van der Waals surface area (Å²) in [6.07, 6.45) is 1.40. The second kappa shape index (κ2) is 8.16. The second-order valence-corrected chi connectivity index (χ2v) is 6.41. The summed E-state index contributed by atoms with van der Waals surface area (Å²) in [5.74, 6) is -0.383. The molecule has 0 aliphatic rings. The molecule has 0 saturated heterocycles. The number of halogens is 2. The second-order valence-electron chi connectivity index (χ2n) is 4.64. The van der Waals surface area contributed by atoms with Crippen LogP contribution in [0.25, 0.3) is 0 Å². The molecule has 0 unspecified atom stereocenters. The lowest BCUT2D eigenvalue weighted by molar-refractivity contribution is 0.0952. The molecule has 2 aromatic rings. The van der Waals surface area contributed by atoms with Gasteiger partial charge in [-0.15, -0.1) is 0 Å². The highest BCUT2D eigenvalue weighted by molar-refractivity contribution is 9.10. The van der Waals surface area contributed by atoms with Crippen molar-refractivity contribution >= 4 is 44.0 Å². The van der Waals surface area contributed by atoms with Crippen molar-refractivity contribution in [3.05, 3.63) is 50.4 Å². The van der Waals surface area contributed by atoms with E-state index in [4.69, 9.17) is 4.74 Å². The summed E-state index contributed by atoms with van der Waals surface area (Å²) in [4.78, 5) is 12.0. The van der Waals surface area contributed by atoms with Crippen molar-refractivity contribution in [3.63, 3.8) is 0 Å². The van der Waals surface area contributed by atoms with Crippen molar-refractivity contribution in [2.45, 2.75) is 6.92 Å². The lowest BCUT2D eigenvalue weighted by Gasteiger charge is -2.08. The number of carbonyl (C=O) groups is 1. The number of phenols is 2. The summed E-state index contributed by atoms with van der Waals surface area (Å²) in [5, 5.41) is 23.4. The van der Waals surface area contributed by atoms with Crippen molar-refractivity contribution in [2.75, 3.05) is 6.61 Å². The highest BCUT2D eigenvalue weighted by Gasteiger charge is 2.11. The van der Waals surface area contributed by atoms with Gasteiger partial charge in [0.15, 0.2) is 11.5 Å². The van der Waals surface area contributed by atoms with Gasteiger partial charge in [-0.1, -0.05) is 15.9 Å². The Morgan fingerprint density at radius 2 is 2.04 bits per heavy atom. The number of hydrazone groups is 1. The number of hydrogen-bond acceptors (Lipinski definition) is 5. The van der Waals surface area contributed by atoms with E-state index in [1.807, 2.05) is 0 Å². The van der Waals surface area contributed by atoms with Crippen LogP contribution in [0.2, 0.25) is 0 Å². The number of amides is 1. The SMILES string of the molecule is CCOc1cc(C=NNC(=O)c2cc(Br)ccc2O)cc(Br)c1O. The molecule has 0 aromatic heterocycles. The molecule has 0 atom stereocenters. The third-order valence-electron chi connectivity index (χ3n) is 2.93. The van der Waals surface area contributed by atoms with Gasteiger partial charge in [0.25, 0.3) is 5.91 Å². The molecule has 0 aliphatic heterocycles. The first kappa shape index (κ1) is 18.3. The van der Waals surface area contributed by atoms with Gasteiger partial charge in [-0.2, -0.15) is 5.10 Å². The van der Waals surface area contributed by atoms with Crippen LogP contribution in [-0.4, -0.2) is 28.9 Å².